The zero-order valence-electron chi connectivity index (χ0n) is 18.5. The molecule has 0 aromatic carbocycles. The van der Waals surface area contributed by atoms with Crippen molar-refractivity contribution in [2.24, 2.45) is 0 Å². The van der Waals surface area contributed by atoms with E-state index < -0.39 is 0 Å². The van der Waals surface area contributed by atoms with Crippen LogP contribution in [0.1, 0.15) is 0 Å². The Bertz CT molecular complexity index is 564. The first kappa shape index (κ1) is 25.9. The predicted molar refractivity (Wildman–Crippen MR) is 146 cm³/mol. The highest BCUT2D eigenvalue weighted by Crippen LogP contribution is 1.89. The molecule has 0 heterocycles. The van der Waals surface area contributed by atoms with E-state index in [1.807, 2.05) is 194 Å². The van der Waals surface area contributed by atoms with E-state index in [1.165, 1.54) is 0 Å². The summed E-state index contributed by atoms with van der Waals surface area (Å²) < 4.78 is 0. The predicted octanol–water partition coefficient (Wildman–Crippen LogP) is 8.90. The molecule has 0 N–H and O–H groups in total. The van der Waals surface area contributed by atoms with Crippen LogP contribution in [-0.2, 0) is 0 Å². The van der Waals surface area contributed by atoms with Crippen molar-refractivity contribution in [3.63, 3.8) is 0 Å². The molecule has 0 atom stereocenters. The van der Waals surface area contributed by atoms with E-state index in [-0.39, 0.29) is 0 Å². The maximum Gasteiger partial charge on any atom is -0.0623 e. The van der Waals surface area contributed by atoms with Crippen molar-refractivity contribution >= 4 is 0 Å². The van der Waals surface area contributed by atoms with Crippen LogP contribution in [0.25, 0.3) is 0 Å². The van der Waals surface area contributed by atoms with Crippen molar-refractivity contribution in [3.05, 3.63) is 194 Å². The average molecular weight is 417 g/mol. The van der Waals surface area contributed by atoms with Gasteiger partial charge in [0.2, 0.25) is 0 Å². The molecule has 0 aliphatic heterocycles. The van der Waals surface area contributed by atoms with Crippen LogP contribution < -0.4 is 0 Å². The van der Waals surface area contributed by atoms with Crippen LogP contribution in [0.3, 0.4) is 0 Å². The van der Waals surface area contributed by atoms with Crippen molar-refractivity contribution in [2.75, 3.05) is 0 Å². The Morgan fingerprint density at radius 3 is 0.125 bits per heavy atom. The topological polar surface area (TPSA) is 0 Å². The van der Waals surface area contributed by atoms with E-state index in [4.69, 9.17) is 0 Å². The average Bonchev–Trinajstić information content (AvgIpc) is 2.80. The van der Waals surface area contributed by atoms with Gasteiger partial charge in [-0.25, -0.2) is 0 Å². The maximum absolute atomic E-state index is 2.00. The van der Waals surface area contributed by atoms with Crippen LogP contribution in [0.15, 0.2) is 194 Å². The van der Waals surface area contributed by atoms with Gasteiger partial charge in [0.25, 0.3) is 0 Å². The highest BCUT2D eigenvalue weighted by molar-refractivity contribution is 5.25. The van der Waals surface area contributed by atoms with E-state index >= 15 is 0 Å². The molecule has 1 aliphatic carbocycles. The second-order valence-corrected chi connectivity index (χ2v) is 6.16. The Balaban J connectivity index is 2.67. The molecule has 0 amide bonds. The number of hydrogen-bond acceptors (Lipinski definition) is 0. The molecule has 1 rings (SSSR count). The summed E-state index contributed by atoms with van der Waals surface area (Å²) in [5.74, 6) is 0. The van der Waals surface area contributed by atoms with Crippen molar-refractivity contribution in [2.45, 2.75) is 0 Å². The monoisotopic (exact) mass is 416 g/mol. The van der Waals surface area contributed by atoms with Gasteiger partial charge in [-0.3, -0.25) is 0 Å². The van der Waals surface area contributed by atoms with Gasteiger partial charge in [0.15, 0.2) is 0 Å². The summed E-state index contributed by atoms with van der Waals surface area (Å²) in [4.78, 5) is 0. The minimum atomic E-state index is 2.00. The zero-order chi connectivity index (χ0) is 22.6. The van der Waals surface area contributed by atoms with Gasteiger partial charge in [-0.1, -0.05) is 194 Å². The van der Waals surface area contributed by atoms with Crippen molar-refractivity contribution in [1.29, 1.82) is 0 Å². The Morgan fingerprint density at radius 2 is 0.0938 bits per heavy atom. The summed E-state index contributed by atoms with van der Waals surface area (Å²) in [7, 11) is 0. The number of rotatable bonds is 0. The van der Waals surface area contributed by atoms with Gasteiger partial charge in [0.1, 0.15) is 0 Å². The van der Waals surface area contributed by atoms with Gasteiger partial charge in [0.05, 0.1) is 0 Å². The third-order valence-electron chi connectivity index (χ3n) is 3.56. The van der Waals surface area contributed by atoms with Gasteiger partial charge >= 0.3 is 0 Å². The fourth-order valence-electron chi connectivity index (χ4n) is 2.05. The van der Waals surface area contributed by atoms with Crippen molar-refractivity contribution in [1.82, 2.24) is 0 Å². The summed E-state index contributed by atoms with van der Waals surface area (Å²) in [5.41, 5.74) is 0. The standard InChI is InChI=1S/C32H32/c1-2-4-6-8-10-12-14-16-18-20-22-24-26-28-30-32-31-29-27-25-23-21-19-17-15-13-11-9-7-5-3-1/h1-32H/b2-1-,3-1?,4-2?,5-3-,6-4-,7-5?,8-6?,9-7+,10-8+,11-9?,12-10?,13-11+,14-12+,15-13?,16-14?,17-15-,18-16+,19-17?,20-18?,21-19+,22-20+,23-21?,24-22?,25-23+,26-24-,27-25?,28-26?,29-27-,30-28+,31-29?,32-30?,32-31+. The molecule has 0 aromatic rings. The molecule has 0 saturated carbocycles. The molecule has 0 spiro atoms. The molecular formula is C32H32. The lowest BCUT2D eigenvalue weighted by molar-refractivity contribution is 1.81. The molecule has 0 bridgehead atoms. The zero-order valence-corrected chi connectivity index (χ0v) is 18.5. The van der Waals surface area contributed by atoms with E-state index in [9.17, 15) is 0 Å². The van der Waals surface area contributed by atoms with Gasteiger partial charge in [-0.05, 0) is 0 Å². The largest absolute Gasteiger partial charge is 0.0623 e. The lowest BCUT2D eigenvalue weighted by Crippen LogP contribution is -1.55. The third-order valence-corrected chi connectivity index (χ3v) is 3.56. The first-order chi connectivity index (χ1) is 16.0. The summed E-state index contributed by atoms with van der Waals surface area (Å²) >= 11 is 0. The molecule has 32 heavy (non-hydrogen) atoms. The molecule has 0 heteroatoms. The Kier molecular flexibility index (Phi) is 18.7. The quantitative estimate of drug-likeness (QED) is 0.370. The minimum Gasteiger partial charge on any atom is -0.0623 e. The van der Waals surface area contributed by atoms with Gasteiger partial charge < -0.3 is 0 Å². The lowest BCUT2D eigenvalue weighted by atomic mass is 10.3. The molecule has 0 nitrogen and oxygen atoms in total. The number of hydrogen-bond donors (Lipinski definition) is 0. The Hall–Kier alpha value is -4.16. The maximum atomic E-state index is 2.00. The minimum absolute atomic E-state index is 2.00. The van der Waals surface area contributed by atoms with Crippen LogP contribution >= 0.6 is 0 Å². The highest BCUT2D eigenvalue weighted by atomic mass is 13.7. The van der Waals surface area contributed by atoms with E-state index in [0.29, 0.717) is 0 Å². The summed E-state index contributed by atoms with van der Waals surface area (Å²) in [5, 5.41) is 0. The van der Waals surface area contributed by atoms with Crippen LogP contribution in [0.5, 0.6) is 0 Å². The molecular weight excluding hydrogens is 384 g/mol. The highest BCUT2D eigenvalue weighted by Gasteiger charge is 1.67. The smallest absolute Gasteiger partial charge is 0.0623 e. The van der Waals surface area contributed by atoms with E-state index in [2.05, 4.69) is 0 Å². The second kappa shape index (κ2) is 23.1. The first-order valence-electron chi connectivity index (χ1n) is 10.7. The van der Waals surface area contributed by atoms with Crippen LogP contribution in [0, 0.1) is 0 Å². The first-order valence-corrected chi connectivity index (χ1v) is 10.7. The molecule has 0 aromatic heterocycles. The van der Waals surface area contributed by atoms with E-state index in [0.717, 1.165) is 0 Å². The summed E-state index contributed by atoms with van der Waals surface area (Å²) in [6.07, 6.45) is 64.0. The number of allylic oxidation sites excluding steroid dienone is 32. The molecule has 0 radical (unpaired) electrons. The van der Waals surface area contributed by atoms with Crippen LogP contribution in [0.4, 0.5) is 0 Å². The van der Waals surface area contributed by atoms with Gasteiger partial charge in [0, 0.05) is 0 Å². The fourth-order valence-corrected chi connectivity index (χ4v) is 2.05. The molecule has 160 valence electrons. The van der Waals surface area contributed by atoms with Crippen molar-refractivity contribution < 1.29 is 0 Å². The lowest BCUT2D eigenvalue weighted by Gasteiger charge is -1.77. The molecule has 1 aliphatic rings. The van der Waals surface area contributed by atoms with Crippen molar-refractivity contribution in [3.8, 4) is 0 Å². The van der Waals surface area contributed by atoms with Gasteiger partial charge in [-0.15, -0.1) is 0 Å². The molecule has 0 saturated heterocycles. The fraction of sp³-hybridized carbons (Fsp3) is 0. The third kappa shape index (κ3) is 20.6. The normalized spacial score (nSPS) is 32.0. The second-order valence-electron chi connectivity index (χ2n) is 6.16. The molecule has 0 fully saturated rings. The summed E-state index contributed by atoms with van der Waals surface area (Å²) in [6, 6.07) is 0. The SMILES string of the molecule is C1=C\C=C/C=C/C=C/C=C/C=C/C=C\C=C\C=C\C=C/C=C/C=C/C=C\C=C\C=C\C=C/1. The Labute approximate surface area is 194 Å². The summed E-state index contributed by atoms with van der Waals surface area (Å²) in [6.45, 7) is 0. The van der Waals surface area contributed by atoms with Crippen LogP contribution in [0.2, 0.25) is 0 Å². The molecule has 0 unspecified atom stereocenters. The van der Waals surface area contributed by atoms with Crippen LogP contribution in [-0.4, -0.2) is 0 Å². The van der Waals surface area contributed by atoms with E-state index in [1.54, 1.807) is 0 Å². The van der Waals surface area contributed by atoms with Gasteiger partial charge in [-0.2, -0.15) is 0 Å². The Morgan fingerprint density at radius 1 is 0.0625 bits per heavy atom.